The largest absolute Gasteiger partial charge is 0.481 e. The molecule has 2 atom stereocenters. The number of hydrogen-bond acceptors (Lipinski definition) is 4. The number of sulfonamides is 1. The minimum atomic E-state index is -3.59. The second-order valence-corrected chi connectivity index (χ2v) is 9.06. The van der Waals surface area contributed by atoms with Gasteiger partial charge in [0, 0.05) is 24.7 Å². The smallest absolute Gasteiger partial charge is 0.311 e. The van der Waals surface area contributed by atoms with Gasteiger partial charge in [0.15, 0.2) is 0 Å². The summed E-state index contributed by atoms with van der Waals surface area (Å²) in [6.07, 6.45) is 3.86. The first-order valence-electron chi connectivity index (χ1n) is 8.46. The van der Waals surface area contributed by atoms with Gasteiger partial charge in [-0.25, -0.2) is 12.7 Å². The van der Waals surface area contributed by atoms with E-state index in [4.69, 9.17) is 0 Å². The molecule has 2 fully saturated rings. The fourth-order valence-electron chi connectivity index (χ4n) is 4.38. The van der Waals surface area contributed by atoms with Crippen molar-refractivity contribution >= 4 is 26.9 Å². The minimum absolute atomic E-state index is 0.0783. The van der Waals surface area contributed by atoms with Crippen LogP contribution in [0.5, 0.6) is 0 Å². The monoisotopic (exact) mass is 360 g/mol. The van der Waals surface area contributed by atoms with Crippen molar-refractivity contribution in [1.29, 1.82) is 0 Å². The van der Waals surface area contributed by atoms with Gasteiger partial charge in [0.1, 0.15) is 0 Å². The van der Waals surface area contributed by atoms with Crippen molar-refractivity contribution in [3.8, 4) is 0 Å². The predicted molar refractivity (Wildman–Crippen MR) is 93.3 cm³/mol. The number of aliphatic carboxylic acids is 1. The second kappa shape index (κ2) is 5.78. The number of fused-ring (bicyclic) bond motifs is 2. The number of para-hydroxylation sites is 1. The molecule has 0 bridgehead atoms. The third-order valence-corrected chi connectivity index (χ3v) is 7.45. The van der Waals surface area contributed by atoms with Crippen LogP contribution >= 0.6 is 0 Å². The van der Waals surface area contributed by atoms with Crippen molar-refractivity contribution < 1.29 is 18.3 Å². The molecule has 0 radical (unpaired) electrons. The Morgan fingerprint density at radius 1 is 1.32 bits per heavy atom. The van der Waals surface area contributed by atoms with E-state index in [0.717, 1.165) is 18.2 Å². The Hall–Kier alpha value is -1.99. The van der Waals surface area contributed by atoms with E-state index in [9.17, 15) is 18.3 Å². The molecule has 0 spiro atoms. The fraction of sp³-hybridized carbons (Fsp3) is 0.444. The SMILES string of the molecule is O=C(O)[C@@]12CCC[C@H]1CN(S(=O)(=O)Cc1cccc3cccnc13)C2. The molecule has 1 aromatic heterocycles. The van der Waals surface area contributed by atoms with Gasteiger partial charge in [-0.05, 0) is 30.4 Å². The first-order chi connectivity index (χ1) is 11.9. The molecule has 132 valence electrons. The average molecular weight is 360 g/mol. The highest BCUT2D eigenvalue weighted by atomic mass is 32.2. The molecule has 2 heterocycles. The zero-order valence-corrected chi connectivity index (χ0v) is 14.6. The molecule has 6 nitrogen and oxygen atoms in total. The molecule has 1 aromatic carbocycles. The summed E-state index contributed by atoms with van der Waals surface area (Å²) in [6, 6.07) is 9.22. The van der Waals surface area contributed by atoms with Crippen LogP contribution in [0.4, 0.5) is 0 Å². The molecule has 1 aliphatic carbocycles. The number of nitrogens with zero attached hydrogens (tertiary/aromatic N) is 2. The zero-order chi connectivity index (χ0) is 17.7. The van der Waals surface area contributed by atoms with E-state index in [2.05, 4.69) is 4.98 Å². The van der Waals surface area contributed by atoms with Crippen LogP contribution in [0.2, 0.25) is 0 Å². The van der Waals surface area contributed by atoms with Gasteiger partial charge in [-0.3, -0.25) is 9.78 Å². The van der Waals surface area contributed by atoms with Crippen molar-refractivity contribution in [3.05, 3.63) is 42.1 Å². The lowest BCUT2D eigenvalue weighted by atomic mass is 9.81. The highest BCUT2D eigenvalue weighted by Crippen LogP contribution is 2.49. The summed E-state index contributed by atoms with van der Waals surface area (Å²) in [5.74, 6) is -1.09. The van der Waals surface area contributed by atoms with Crippen LogP contribution in [0.1, 0.15) is 24.8 Å². The van der Waals surface area contributed by atoms with Gasteiger partial charge in [-0.1, -0.05) is 30.7 Å². The molecule has 1 saturated heterocycles. The molecule has 4 rings (SSSR count). The van der Waals surface area contributed by atoms with Gasteiger partial charge in [0.2, 0.25) is 10.0 Å². The topological polar surface area (TPSA) is 87.6 Å². The molecule has 1 aliphatic heterocycles. The summed E-state index contributed by atoms with van der Waals surface area (Å²) in [5.41, 5.74) is 0.435. The highest BCUT2D eigenvalue weighted by Gasteiger charge is 2.56. The van der Waals surface area contributed by atoms with Crippen LogP contribution in [-0.2, 0) is 20.6 Å². The lowest BCUT2D eigenvalue weighted by molar-refractivity contribution is -0.149. The van der Waals surface area contributed by atoms with Gasteiger partial charge < -0.3 is 5.11 Å². The first kappa shape index (κ1) is 16.5. The molecule has 0 amide bonds. The van der Waals surface area contributed by atoms with Crippen molar-refractivity contribution in [2.24, 2.45) is 11.3 Å². The van der Waals surface area contributed by atoms with Crippen LogP contribution < -0.4 is 0 Å². The fourth-order valence-corrected chi connectivity index (χ4v) is 6.02. The summed E-state index contributed by atoms with van der Waals surface area (Å²) in [5, 5.41) is 10.6. The Labute approximate surface area is 146 Å². The Morgan fingerprint density at radius 3 is 2.88 bits per heavy atom. The Morgan fingerprint density at radius 2 is 2.12 bits per heavy atom. The quantitative estimate of drug-likeness (QED) is 0.903. The maximum Gasteiger partial charge on any atom is 0.311 e. The normalized spacial score (nSPS) is 26.8. The summed E-state index contributed by atoms with van der Waals surface area (Å²) >= 11 is 0. The number of carboxylic acid groups (broad SMARTS) is 1. The van der Waals surface area contributed by atoms with Gasteiger partial charge >= 0.3 is 5.97 Å². The molecule has 0 unspecified atom stereocenters. The minimum Gasteiger partial charge on any atom is -0.481 e. The number of benzene rings is 1. The number of carbonyl (C=O) groups is 1. The van der Waals surface area contributed by atoms with Gasteiger partial charge in [0.25, 0.3) is 0 Å². The van der Waals surface area contributed by atoms with E-state index in [1.54, 1.807) is 12.3 Å². The van der Waals surface area contributed by atoms with Crippen LogP contribution in [0, 0.1) is 11.3 Å². The van der Waals surface area contributed by atoms with E-state index in [1.165, 1.54) is 4.31 Å². The number of rotatable bonds is 4. The van der Waals surface area contributed by atoms with Crippen LogP contribution in [0.15, 0.2) is 36.5 Å². The van der Waals surface area contributed by atoms with Gasteiger partial charge in [0.05, 0.1) is 16.7 Å². The third-order valence-electron chi connectivity index (χ3n) is 5.71. The molecule has 1 N–H and O–H groups in total. The lowest BCUT2D eigenvalue weighted by Gasteiger charge is -2.23. The van der Waals surface area contributed by atoms with Crippen LogP contribution in [0.3, 0.4) is 0 Å². The van der Waals surface area contributed by atoms with Crippen molar-refractivity contribution in [3.63, 3.8) is 0 Å². The molecule has 2 aromatic rings. The van der Waals surface area contributed by atoms with E-state index < -0.39 is 21.4 Å². The number of carboxylic acids is 1. The Bertz CT molecular complexity index is 938. The Balaban J connectivity index is 1.64. The molecule has 1 saturated carbocycles. The molecule has 25 heavy (non-hydrogen) atoms. The summed E-state index contributed by atoms with van der Waals surface area (Å²) in [7, 11) is -3.59. The van der Waals surface area contributed by atoms with Gasteiger partial charge in [-0.2, -0.15) is 0 Å². The summed E-state index contributed by atoms with van der Waals surface area (Å²) in [4.78, 5) is 16.1. The first-order valence-corrected chi connectivity index (χ1v) is 10.1. The number of hydrogen-bond donors (Lipinski definition) is 1. The maximum absolute atomic E-state index is 12.9. The molecule has 7 heteroatoms. The summed E-state index contributed by atoms with van der Waals surface area (Å²) in [6.45, 7) is 0.403. The molecular weight excluding hydrogens is 340 g/mol. The van der Waals surface area contributed by atoms with E-state index in [1.807, 2.05) is 24.3 Å². The van der Waals surface area contributed by atoms with E-state index >= 15 is 0 Å². The predicted octanol–water partition coefficient (Wildman–Crippen LogP) is 2.25. The Kier molecular flexibility index (Phi) is 3.81. The third kappa shape index (κ3) is 2.62. The number of aromatic nitrogens is 1. The van der Waals surface area contributed by atoms with Crippen molar-refractivity contribution in [2.75, 3.05) is 13.1 Å². The molecule has 2 aliphatic rings. The van der Waals surface area contributed by atoms with Crippen molar-refractivity contribution in [2.45, 2.75) is 25.0 Å². The lowest BCUT2D eigenvalue weighted by Crippen LogP contribution is -2.37. The highest BCUT2D eigenvalue weighted by molar-refractivity contribution is 7.88. The molecular formula is C18H20N2O4S. The standard InChI is InChI=1S/C18H20N2O4S/c21-17(22)18-8-2-7-15(18)10-20(12-18)25(23,24)11-14-5-1-4-13-6-3-9-19-16(13)14/h1,3-6,9,15H,2,7-8,10-12H2,(H,21,22)/t15-,18+/m0/s1. The zero-order valence-electron chi connectivity index (χ0n) is 13.8. The second-order valence-electron chi connectivity index (χ2n) is 7.09. The van der Waals surface area contributed by atoms with Crippen molar-refractivity contribution in [1.82, 2.24) is 9.29 Å². The van der Waals surface area contributed by atoms with E-state index in [-0.39, 0.29) is 18.2 Å². The maximum atomic E-state index is 12.9. The number of pyridine rings is 1. The average Bonchev–Trinajstić information content (AvgIpc) is 3.13. The summed E-state index contributed by atoms with van der Waals surface area (Å²) < 4.78 is 27.3. The van der Waals surface area contributed by atoms with E-state index in [0.29, 0.717) is 24.0 Å². The van der Waals surface area contributed by atoms with Crippen LogP contribution in [0.25, 0.3) is 10.9 Å². The van der Waals surface area contributed by atoms with Crippen LogP contribution in [-0.4, -0.2) is 41.9 Å². The van der Waals surface area contributed by atoms with Gasteiger partial charge in [-0.15, -0.1) is 0 Å².